The average Bonchev–Trinajstić information content (AvgIpc) is 2.97. The highest BCUT2D eigenvalue weighted by atomic mass is 32.2. The number of hydrogen-bond acceptors (Lipinski definition) is 5. The summed E-state index contributed by atoms with van der Waals surface area (Å²) in [5.41, 5.74) is 0.450. The van der Waals surface area contributed by atoms with Crippen molar-refractivity contribution >= 4 is 21.7 Å². The summed E-state index contributed by atoms with van der Waals surface area (Å²) in [5, 5.41) is -0.743. The van der Waals surface area contributed by atoms with Crippen molar-refractivity contribution in [3.8, 4) is 5.75 Å². The van der Waals surface area contributed by atoms with Crippen molar-refractivity contribution < 1.29 is 22.7 Å². The molecule has 0 bridgehead atoms. The zero-order valence-corrected chi connectivity index (χ0v) is 12.9. The second-order valence-electron chi connectivity index (χ2n) is 4.97. The molecule has 0 spiro atoms. The van der Waals surface area contributed by atoms with Gasteiger partial charge >= 0.3 is 5.97 Å². The van der Waals surface area contributed by atoms with Crippen LogP contribution in [0.3, 0.4) is 0 Å². The maximum atomic E-state index is 12.4. The van der Waals surface area contributed by atoms with Crippen molar-refractivity contribution in [2.75, 3.05) is 18.9 Å². The normalized spacial score (nSPS) is 21.8. The Kier molecular flexibility index (Phi) is 4.72. The van der Waals surface area contributed by atoms with E-state index < -0.39 is 27.2 Å². The molecule has 1 aliphatic carbocycles. The first-order valence-electron chi connectivity index (χ1n) is 6.71. The van der Waals surface area contributed by atoms with Gasteiger partial charge in [-0.1, -0.05) is 6.42 Å². The number of methoxy groups -OCH3 is 2. The number of benzene rings is 1. The average molecular weight is 313 g/mol. The fourth-order valence-electron chi connectivity index (χ4n) is 2.62. The molecule has 0 saturated heterocycles. The summed E-state index contributed by atoms with van der Waals surface area (Å²) in [6, 6.07) is 6.59. The van der Waals surface area contributed by atoms with Crippen molar-refractivity contribution in [1.82, 2.24) is 0 Å². The predicted molar refractivity (Wildman–Crippen MR) is 78.7 cm³/mol. The molecule has 2 rings (SSSR count). The van der Waals surface area contributed by atoms with E-state index in [0.717, 1.165) is 0 Å². The number of hydrogen-bond donors (Lipinski definition) is 1. The van der Waals surface area contributed by atoms with Crippen LogP contribution >= 0.6 is 0 Å². The molecule has 1 N–H and O–H groups in total. The zero-order chi connectivity index (χ0) is 15.5. The van der Waals surface area contributed by atoms with Crippen LogP contribution in [0.5, 0.6) is 5.75 Å². The number of carbonyl (C=O) groups excluding carboxylic acids is 1. The van der Waals surface area contributed by atoms with Crippen LogP contribution < -0.4 is 9.46 Å². The van der Waals surface area contributed by atoms with Gasteiger partial charge in [-0.15, -0.1) is 0 Å². The van der Waals surface area contributed by atoms with E-state index in [1.54, 1.807) is 31.4 Å². The zero-order valence-electron chi connectivity index (χ0n) is 12.0. The first-order valence-corrected chi connectivity index (χ1v) is 8.26. The van der Waals surface area contributed by atoms with Crippen LogP contribution in [0.15, 0.2) is 24.3 Å². The Bertz CT molecular complexity index is 596. The summed E-state index contributed by atoms with van der Waals surface area (Å²) >= 11 is 0. The predicted octanol–water partition coefficient (Wildman–Crippen LogP) is 1.78. The molecular formula is C14H19NO5S. The lowest BCUT2D eigenvalue weighted by molar-refractivity contribution is -0.145. The molecule has 0 aliphatic heterocycles. The van der Waals surface area contributed by atoms with Gasteiger partial charge < -0.3 is 9.47 Å². The smallest absolute Gasteiger partial charge is 0.310 e. The first kappa shape index (κ1) is 15.6. The van der Waals surface area contributed by atoms with Crippen molar-refractivity contribution in [3.63, 3.8) is 0 Å². The van der Waals surface area contributed by atoms with Crippen LogP contribution in [0.25, 0.3) is 0 Å². The second kappa shape index (κ2) is 6.34. The van der Waals surface area contributed by atoms with Gasteiger partial charge in [0.1, 0.15) is 5.75 Å². The molecule has 116 valence electrons. The van der Waals surface area contributed by atoms with Gasteiger partial charge in [-0.05, 0) is 37.1 Å². The highest BCUT2D eigenvalue weighted by Crippen LogP contribution is 2.33. The second-order valence-corrected chi connectivity index (χ2v) is 6.87. The Balaban J connectivity index is 2.15. The quantitative estimate of drug-likeness (QED) is 0.838. The SMILES string of the molecule is COC(=O)C1CCCC1S(=O)(=O)Nc1ccc(OC)cc1. The monoisotopic (exact) mass is 313 g/mol. The minimum absolute atomic E-state index is 0.450. The minimum atomic E-state index is -3.63. The third kappa shape index (κ3) is 3.47. The van der Waals surface area contributed by atoms with E-state index in [0.29, 0.717) is 30.7 Å². The Morgan fingerprint density at radius 2 is 1.86 bits per heavy atom. The highest BCUT2D eigenvalue weighted by molar-refractivity contribution is 7.93. The van der Waals surface area contributed by atoms with Crippen molar-refractivity contribution in [3.05, 3.63) is 24.3 Å². The topological polar surface area (TPSA) is 81.7 Å². The van der Waals surface area contributed by atoms with Gasteiger partial charge in [-0.2, -0.15) is 0 Å². The Labute approximate surface area is 124 Å². The van der Waals surface area contributed by atoms with E-state index in [9.17, 15) is 13.2 Å². The molecule has 1 saturated carbocycles. The number of sulfonamides is 1. The molecule has 2 atom stereocenters. The summed E-state index contributed by atoms with van der Waals surface area (Å²) in [6.07, 6.45) is 1.71. The molecular weight excluding hydrogens is 294 g/mol. The van der Waals surface area contributed by atoms with Gasteiger partial charge in [-0.3, -0.25) is 9.52 Å². The van der Waals surface area contributed by atoms with Crippen LogP contribution in [-0.4, -0.2) is 33.9 Å². The molecule has 6 nitrogen and oxygen atoms in total. The van der Waals surface area contributed by atoms with Gasteiger partial charge in [0.25, 0.3) is 0 Å². The molecule has 1 aromatic rings. The van der Waals surface area contributed by atoms with E-state index in [-0.39, 0.29) is 0 Å². The number of ether oxygens (including phenoxy) is 2. The third-order valence-corrected chi connectivity index (χ3v) is 5.59. The molecule has 1 fully saturated rings. The molecule has 1 aromatic carbocycles. The molecule has 0 aromatic heterocycles. The number of rotatable bonds is 5. The summed E-state index contributed by atoms with van der Waals surface area (Å²) in [6.45, 7) is 0. The van der Waals surface area contributed by atoms with Gasteiger partial charge in [0.2, 0.25) is 10.0 Å². The number of nitrogens with one attached hydrogen (secondary N) is 1. The van der Waals surface area contributed by atoms with E-state index in [4.69, 9.17) is 9.47 Å². The first-order chi connectivity index (χ1) is 9.97. The number of anilines is 1. The van der Waals surface area contributed by atoms with E-state index in [1.165, 1.54) is 7.11 Å². The molecule has 7 heteroatoms. The molecule has 21 heavy (non-hydrogen) atoms. The van der Waals surface area contributed by atoms with Crippen LogP contribution in [0.4, 0.5) is 5.69 Å². The fourth-order valence-corrected chi connectivity index (χ4v) is 4.39. The highest BCUT2D eigenvalue weighted by Gasteiger charge is 2.42. The summed E-state index contributed by atoms with van der Waals surface area (Å²) < 4.78 is 37.1. The lowest BCUT2D eigenvalue weighted by atomic mass is 10.1. The maximum Gasteiger partial charge on any atom is 0.310 e. The Hall–Kier alpha value is -1.76. The summed E-state index contributed by atoms with van der Waals surface area (Å²) in [7, 11) is -0.809. The Morgan fingerprint density at radius 1 is 1.19 bits per heavy atom. The van der Waals surface area contributed by atoms with Gasteiger partial charge in [-0.25, -0.2) is 8.42 Å². The summed E-state index contributed by atoms with van der Waals surface area (Å²) in [4.78, 5) is 11.7. The summed E-state index contributed by atoms with van der Waals surface area (Å²) in [5.74, 6) is -0.408. The van der Waals surface area contributed by atoms with E-state index in [2.05, 4.69) is 4.72 Å². The lowest BCUT2D eigenvalue weighted by Gasteiger charge is -2.19. The lowest BCUT2D eigenvalue weighted by Crippen LogP contribution is -2.35. The van der Waals surface area contributed by atoms with Gasteiger partial charge in [0, 0.05) is 5.69 Å². The maximum absolute atomic E-state index is 12.4. The molecule has 2 unspecified atom stereocenters. The molecule has 0 radical (unpaired) electrons. The van der Waals surface area contributed by atoms with Crippen molar-refractivity contribution in [1.29, 1.82) is 0 Å². The van der Waals surface area contributed by atoms with Crippen molar-refractivity contribution in [2.45, 2.75) is 24.5 Å². The molecule has 1 aliphatic rings. The fraction of sp³-hybridized carbons (Fsp3) is 0.500. The van der Waals surface area contributed by atoms with Crippen molar-refractivity contribution in [2.24, 2.45) is 5.92 Å². The minimum Gasteiger partial charge on any atom is -0.497 e. The Morgan fingerprint density at radius 3 is 2.43 bits per heavy atom. The van der Waals surface area contributed by atoms with E-state index in [1.807, 2.05) is 0 Å². The van der Waals surface area contributed by atoms with Crippen LogP contribution in [0.1, 0.15) is 19.3 Å². The van der Waals surface area contributed by atoms with Gasteiger partial charge in [0.05, 0.1) is 25.4 Å². The van der Waals surface area contributed by atoms with Gasteiger partial charge in [0.15, 0.2) is 0 Å². The van der Waals surface area contributed by atoms with Crippen LogP contribution in [0, 0.1) is 5.92 Å². The number of esters is 1. The largest absolute Gasteiger partial charge is 0.497 e. The molecule has 0 heterocycles. The van der Waals surface area contributed by atoms with Crippen LogP contribution in [0.2, 0.25) is 0 Å². The third-order valence-electron chi connectivity index (χ3n) is 3.71. The number of carbonyl (C=O) groups is 1. The van der Waals surface area contributed by atoms with E-state index >= 15 is 0 Å². The standard InChI is InChI=1S/C14H19NO5S/c1-19-11-8-6-10(7-9-11)15-21(17,18)13-5-3-4-12(13)14(16)20-2/h6-9,12-13,15H,3-5H2,1-2H3. The molecule has 0 amide bonds. The van der Waals surface area contributed by atoms with Crippen LogP contribution in [-0.2, 0) is 19.6 Å².